The van der Waals surface area contributed by atoms with Crippen LogP contribution in [0.3, 0.4) is 0 Å². The minimum absolute atomic E-state index is 0.287. The standard InChI is InChI=1S/C10H19F2NO/c1-3-5-9(13-4-2)6-7-14-8-10(11)12/h3,9-10,13H,1,4-8H2,2H3. The largest absolute Gasteiger partial charge is 0.375 e. The van der Waals surface area contributed by atoms with Crippen molar-refractivity contribution in [2.75, 3.05) is 19.8 Å². The van der Waals surface area contributed by atoms with E-state index in [1.54, 1.807) is 0 Å². The first-order chi connectivity index (χ1) is 6.70. The molecule has 0 aromatic rings. The van der Waals surface area contributed by atoms with Crippen LogP contribution in [0.15, 0.2) is 12.7 Å². The SMILES string of the molecule is C=CCC(CCOCC(F)F)NCC. The van der Waals surface area contributed by atoms with E-state index >= 15 is 0 Å². The van der Waals surface area contributed by atoms with Crippen LogP contribution in [0.1, 0.15) is 19.8 Å². The van der Waals surface area contributed by atoms with Crippen molar-refractivity contribution in [3.63, 3.8) is 0 Å². The van der Waals surface area contributed by atoms with Gasteiger partial charge in [-0.2, -0.15) is 0 Å². The van der Waals surface area contributed by atoms with Gasteiger partial charge in [-0.15, -0.1) is 6.58 Å². The summed E-state index contributed by atoms with van der Waals surface area (Å²) in [5.41, 5.74) is 0. The molecule has 0 aromatic carbocycles. The molecule has 0 rings (SSSR count). The van der Waals surface area contributed by atoms with Gasteiger partial charge in [0, 0.05) is 12.6 Å². The second-order valence-electron chi connectivity index (χ2n) is 3.03. The zero-order chi connectivity index (χ0) is 10.8. The maximum Gasteiger partial charge on any atom is 0.261 e. The average Bonchev–Trinajstić information content (AvgIpc) is 2.12. The van der Waals surface area contributed by atoms with Gasteiger partial charge in [0.2, 0.25) is 0 Å². The number of alkyl halides is 2. The number of hydrogen-bond donors (Lipinski definition) is 1. The first-order valence-corrected chi connectivity index (χ1v) is 4.90. The molecule has 1 unspecified atom stereocenters. The van der Waals surface area contributed by atoms with Crippen LogP contribution in [0.4, 0.5) is 8.78 Å². The molecule has 0 saturated heterocycles. The molecule has 4 heteroatoms. The summed E-state index contributed by atoms with van der Waals surface area (Å²) in [5.74, 6) is 0. The number of halogens is 2. The summed E-state index contributed by atoms with van der Waals surface area (Å²) in [6.07, 6.45) is 1.03. The molecular formula is C10H19F2NO. The van der Waals surface area contributed by atoms with E-state index in [-0.39, 0.29) is 6.04 Å². The fourth-order valence-electron chi connectivity index (χ4n) is 1.19. The van der Waals surface area contributed by atoms with Gasteiger partial charge in [0.25, 0.3) is 6.43 Å². The molecule has 14 heavy (non-hydrogen) atoms. The third-order valence-corrected chi connectivity index (χ3v) is 1.80. The van der Waals surface area contributed by atoms with E-state index < -0.39 is 13.0 Å². The highest BCUT2D eigenvalue weighted by atomic mass is 19.3. The fraction of sp³-hybridized carbons (Fsp3) is 0.800. The van der Waals surface area contributed by atoms with Crippen LogP contribution < -0.4 is 5.32 Å². The van der Waals surface area contributed by atoms with E-state index in [0.29, 0.717) is 6.61 Å². The molecule has 0 saturated carbocycles. The lowest BCUT2D eigenvalue weighted by molar-refractivity contribution is 0.0145. The maximum atomic E-state index is 11.7. The smallest absolute Gasteiger partial charge is 0.261 e. The molecule has 1 N–H and O–H groups in total. The van der Waals surface area contributed by atoms with Gasteiger partial charge < -0.3 is 10.1 Å². The van der Waals surface area contributed by atoms with Crippen LogP contribution in [0.5, 0.6) is 0 Å². The third kappa shape index (κ3) is 8.13. The molecule has 0 bridgehead atoms. The molecule has 0 aliphatic rings. The molecule has 0 fully saturated rings. The maximum absolute atomic E-state index is 11.7. The van der Waals surface area contributed by atoms with Gasteiger partial charge in [0.05, 0.1) is 0 Å². The molecule has 0 amide bonds. The average molecular weight is 207 g/mol. The van der Waals surface area contributed by atoms with Crippen LogP contribution >= 0.6 is 0 Å². The van der Waals surface area contributed by atoms with E-state index in [2.05, 4.69) is 11.9 Å². The van der Waals surface area contributed by atoms with Crippen LogP contribution in [0, 0.1) is 0 Å². The summed E-state index contributed by atoms with van der Waals surface area (Å²) < 4.78 is 28.2. The highest BCUT2D eigenvalue weighted by molar-refractivity contribution is 4.77. The summed E-state index contributed by atoms with van der Waals surface area (Å²) >= 11 is 0. The topological polar surface area (TPSA) is 21.3 Å². The third-order valence-electron chi connectivity index (χ3n) is 1.80. The Bertz CT molecular complexity index is 142. The van der Waals surface area contributed by atoms with Crippen molar-refractivity contribution in [1.82, 2.24) is 5.32 Å². The van der Waals surface area contributed by atoms with Crippen LogP contribution in [0.25, 0.3) is 0 Å². The Balaban J connectivity index is 3.44. The van der Waals surface area contributed by atoms with Crippen molar-refractivity contribution in [3.8, 4) is 0 Å². The molecule has 0 spiro atoms. The molecule has 0 radical (unpaired) electrons. The van der Waals surface area contributed by atoms with E-state index in [1.165, 1.54) is 0 Å². The zero-order valence-corrected chi connectivity index (χ0v) is 8.64. The molecule has 0 aliphatic heterocycles. The fourth-order valence-corrected chi connectivity index (χ4v) is 1.19. The highest BCUT2D eigenvalue weighted by Gasteiger charge is 2.06. The second-order valence-corrected chi connectivity index (χ2v) is 3.03. The minimum Gasteiger partial charge on any atom is -0.375 e. The Morgan fingerprint density at radius 2 is 2.21 bits per heavy atom. The van der Waals surface area contributed by atoms with Gasteiger partial charge in [-0.05, 0) is 19.4 Å². The van der Waals surface area contributed by atoms with E-state index in [1.807, 2.05) is 13.0 Å². The first kappa shape index (κ1) is 13.5. The van der Waals surface area contributed by atoms with Crippen molar-refractivity contribution in [2.24, 2.45) is 0 Å². The molecule has 1 atom stereocenters. The molecule has 2 nitrogen and oxygen atoms in total. The molecule has 0 aromatic heterocycles. The summed E-state index contributed by atoms with van der Waals surface area (Å²) in [6, 6.07) is 0.287. The van der Waals surface area contributed by atoms with Crippen molar-refractivity contribution in [2.45, 2.75) is 32.2 Å². The molecule has 0 heterocycles. The summed E-state index contributed by atoms with van der Waals surface area (Å²) in [4.78, 5) is 0. The van der Waals surface area contributed by atoms with Crippen molar-refractivity contribution in [3.05, 3.63) is 12.7 Å². The minimum atomic E-state index is -2.37. The molecular weight excluding hydrogens is 188 g/mol. The summed E-state index contributed by atoms with van der Waals surface area (Å²) in [5, 5.41) is 3.23. The van der Waals surface area contributed by atoms with Crippen molar-refractivity contribution in [1.29, 1.82) is 0 Å². The Kier molecular flexibility index (Phi) is 8.78. The quantitative estimate of drug-likeness (QED) is 0.462. The number of nitrogens with one attached hydrogen (secondary N) is 1. The Labute approximate surface area is 84.3 Å². The van der Waals surface area contributed by atoms with E-state index in [9.17, 15) is 8.78 Å². The normalized spacial score (nSPS) is 13.1. The summed E-state index contributed by atoms with van der Waals surface area (Å²) in [7, 11) is 0. The van der Waals surface area contributed by atoms with Crippen LogP contribution in [0.2, 0.25) is 0 Å². The second kappa shape index (κ2) is 9.09. The number of ether oxygens (including phenoxy) is 1. The lowest BCUT2D eigenvalue weighted by Gasteiger charge is -2.15. The summed E-state index contributed by atoms with van der Waals surface area (Å²) in [6.45, 7) is 6.42. The van der Waals surface area contributed by atoms with Gasteiger partial charge in [-0.3, -0.25) is 0 Å². The van der Waals surface area contributed by atoms with Crippen molar-refractivity contribution >= 4 is 0 Å². The Morgan fingerprint density at radius 3 is 2.71 bits per heavy atom. The van der Waals surface area contributed by atoms with Gasteiger partial charge in [0.15, 0.2) is 0 Å². The predicted molar refractivity (Wildman–Crippen MR) is 53.7 cm³/mol. The monoisotopic (exact) mass is 207 g/mol. The van der Waals surface area contributed by atoms with Crippen LogP contribution in [-0.2, 0) is 4.74 Å². The van der Waals surface area contributed by atoms with Gasteiger partial charge in [-0.1, -0.05) is 13.0 Å². The van der Waals surface area contributed by atoms with Gasteiger partial charge in [0.1, 0.15) is 6.61 Å². The molecule has 0 aliphatic carbocycles. The number of hydrogen-bond acceptors (Lipinski definition) is 2. The number of rotatable bonds is 9. The van der Waals surface area contributed by atoms with E-state index in [4.69, 9.17) is 4.74 Å². The lowest BCUT2D eigenvalue weighted by Crippen LogP contribution is -2.29. The zero-order valence-electron chi connectivity index (χ0n) is 8.64. The van der Waals surface area contributed by atoms with Crippen LogP contribution in [-0.4, -0.2) is 32.2 Å². The molecule has 84 valence electrons. The van der Waals surface area contributed by atoms with Gasteiger partial charge >= 0.3 is 0 Å². The van der Waals surface area contributed by atoms with Gasteiger partial charge in [-0.25, -0.2) is 8.78 Å². The predicted octanol–water partition coefficient (Wildman–Crippen LogP) is 2.21. The Hall–Kier alpha value is -0.480. The first-order valence-electron chi connectivity index (χ1n) is 4.90. The highest BCUT2D eigenvalue weighted by Crippen LogP contribution is 2.00. The van der Waals surface area contributed by atoms with E-state index in [0.717, 1.165) is 19.4 Å². The van der Waals surface area contributed by atoms with Crippen molar-refractivity contribution < 1.29 is 13.5 Å². The lowest BCUT2D eigenvalue weighted by atomic mass is 10.1. The Morgan fingerprint density at radius 1 is 1.50 bits per heavy atom.